The molecule has 0 bridgehead atoms. The molecule has 0 aliphatic heterocycles. The number of allylic oxidation sites excluding steroid dienone is 1. The zero-order chi connectivity index (χ0) is 16.9. The van der Waals surface area contributed by atoms with Crippen LogP contribution < -0.4 is 5.30 Å². The largest absolute Gasteiger partial charge is 0.363 e. The van der Waals surface area contributed by atoms with E-state index in [-0.39, 0.29) is 0 Å². The average Bonchev–Trinajstić information content (AvgIpc) is 2.87. The first-order valence-electron chi connectivity index (χ1n) is 7.83. The molecule has 0 radical (unpaired) electrons. The van der Waals surface area contributed by atoms with E-state index in [4.69, 9.17) is 9.05 Å². The van der Waals surface area contributed by atoms with Crippen LogP contribution in [0.5, 0.6) is 0 Å². The molecule has 5 heteroatoms. The molecular weight excluding hydrogens is 309 g/mol. The van der Waals surface area contributed by atoms with Gasteiger partial charge in [0.05, 0.1) is 24.2 Å². The Balaban J connectivity index is 2.70. The molecule has 0 atom stereocenters. The molecule has 1 heterocycles. The number of aromatic nitrogens is 1. The van der Waals surface area contributed by atoms with Gasteiger partial charge < -0.3 is 13.6 Å². The lowest BCUT2D eigenvalue weighted by Gasteiger charge is -2.19. The zero-order valence-corrected chi connectivity index (χ0v) is 14.9. The molecule has 0 fully saturated rings. The Morgan fingerprint density at radius 3 is 2.30 bits per heavy atom. The molecule has 0 spiro atoms. The number of aryl methyl sites for hydroxylation is 1. The number of rotatable bonds is 8. The summed E-state index contributed by atoms with van der Waals surface area (Å²) in [6, 6.07) is 11.8. The Kier molecular flexibility index (Phi) is 6.00. The predicted molar refractivity (Wildman–Crippen MR) is 95.3 cm³/mol. The van der Waals surface area contributed by atoms with E-state index in [1.807, 2.05) is 63.2 Å². The van der Waals surface area contributed by atoms with E-state index in [1.54, 1.807) is 0 Å². The molecule has 2 aromatic rings. The van der Waals surface area contributed by atoms with Crippen LogP contribution in [0.4, 0.5) is 0 Å². The first kappa shape index (κ1) is 17.7. The molecule has 0 saturated heterocycles. The number of nitrogens with zero attached hydrogens (tertiary/aromatic N) is 1. The molecule has 1 aromatic heterocycles. The van der Waals surface area contributed by atoms with Gasteiger partial charge in [0.2, 0.25) is 0 Å². The fourth-order valence-corrected chi connectivity index (χ4v) is 4.53. The highest BCUT2D eigenvalue weighted by Gasteiger charge is 2.33. The van der Waals surface area contributed by atoms with Crippen LogP contribution in [0, 0.1) is 6.92 Å². The first-order valence-corrected chi connectivity index (χ1v) is 9.37. The van der Waals surface area contributed by atoms with Crippen molar-refractivity contribution in [3.63, 3.8) is 0 Å². The molecule has 0 unspecified atom stereocenters. The second-order valence-electron chi connectivity index (χ2n) is 5.12. The molecule has 124 valence electrons. The van der Waals surface area contributed by atoms with Crippen molar-refractivity contribution < 1.29 is 13.6 Å². The van der Waals surface area contributed by atoms with Crippen molar-refractivity contribution in [3.8, 4) is 11.3 Å². The van der Waals surface area contributed by atoms with Crippen molar-refractivity contribution in [2.75, 3.05) is 13.2 Å². The molecule has 4 nitrogen and oxygen atoms in total. The van der Waals surface area contributed by atoms with Crippen LogP contribution in [-0.4, -0.2) is 17.8 Å². The van der Waals surface area contributed by atoms with Crippen molar-refractivity contribution in [2.45, 2.75) is 27.3 Å². The standard InChI is InChI=1S/C18H24NO3P/c1-5-13-19-15(4)14-17(23(20,21-6-2)22-7-3)18(19)16-11-9-8-10-12-16/h5,8-12,14H,1,6-7,13H2,2-4H3. The molecule has 1 aromatic carbocycles. The summed E-state index contributed by atoms with van der Waals surface area (Å²) in [4.78, 5) is 0. The maximum atomic E-state index is 13.3. The molecule has 0 aliphatic carbocycles. The van der Waals surface area contributed by atoms with Gasteiger partial charge in [0.1, 0.15) is 0 Å². The Morgan fingerprint density at radius 1 is 1.17 bits per heavy atom. The van der Waals surface area contributed by atoms with E-state index in [9.17, 15) is 4.57 Å². The molecule has 2 rings (SSSR count). The van der Waals surface area contributed by atoms with Crippen LogP contribution in [-0.2, 0) is 20.2 Å². The minimum absolute atomic E-state index is 0.331. The third-order valence-electron chi connectivity index (χ3n) is 3.54. The van der Waals surface area contributed by atoms with Gasteiger partial charge in [-0.05, 0) is 32.4 Å². The van der Waals surface area contributed by atoms with Gasteiger partial charge in [0.15, 0.2) is 0 Å². The van der Waals surface area contributed by atoms with Gasteiger partial charge in [-0.1, -0.05) is 36.4 Å². The summed E-state index contributed by atoms with van der Waals surface area (Å²) in [6.45, 7) is 10.7. The monoisotopic (exact) mass is 333 g/mol. The summed E-state index contributed by atoms with van der Waals surface area (Å²) in [5, 5.41) is 0.617. The quantitative estimate of drug-likeness (QED) is 0.526. The van der Waals surface area contributed by atoms with Crippen molar-refractivity contribution in [1.82, 2.24) is 4.57 Å². The van der Waals surface area contributed by atoms with Gasteiger partial charge in [0, 0.05) is 12.2 Å². The number of hydrogen-bond donors (Lipinski definition) is 0. The molecule has 0 amide bonds. The summed E-state index contributed by atoms with van der Waals surface area (Å²) in [5.74, 6) is 0. The van der Waals surface area contributed by atoms with E-state index in [0.717, 1.165) is 17.0 Å². The van der Waals surface area contributed by atoms with Crippen LogP contribution in [0.25, 0.3) is 11.3 Å². The molecule has 0 N–H and O–H groups in total. The number of benzene rings is 1. The summed E-state index contributed by atoms with van der Waals surface area (Å²) >= 11 is 0. The molecular formula is C18H24NO3P. The van der Waals surface area contributed by atoms with E-state index in [2.05, 4.69) is 11.1 Å². The SMILES string of the molecule is C=CCn1c(C)cc(P(=O)(OCC)OCC)c1-c1ccccc1. The summed E-state index contributed by atoms with van der Waals surface area (Å²) in [7, 11) is -3.36. The van der Waals surface area contributed by atoms with Crippen molar-refractivity contribution in [3.05, 3.63) is 54.7 Å². The molecule has 0 saturated carbocycles. The van der Waals surface area contributed by atoms with Gasteiger partial charge >= 0.3 is 7.60 Å². The summed E-state index contributed by atoms with van der Waals surface area (Å²) < 4.78 is 26.5. The summed E-state index contributed by atoms with van der Waals surface area (Å²) in [6.07, 6.45) is 1.83. The Morgan fingerprint density at radius 2 is 1.78 bits per heavy atom. The highest BCUT2D eigenvalue weighted by atomic mass is 31.2. The van der Waals surface area contributed by atoms with Crippen molar-refractivity contribution in [2.24, 2.45) is 0 Å². The van der Waals surface area contributed by atoms with Gasteiger partial charge in [-0.25, -0.2) is 0 Å². The van der Waals surface area contributed by atoms with Crippen LogP contribution in [0.2, 0.25) is 0 Å². The zero-order valence-electron chi connectivity index (χ0n) is 14.0. The van der Waals surface area contributed by atoms with E-state index < -0.39 is 7.60 Å². The number of hydrogen-bond acceptors (Lipinski definition) is 3. The normalized spacial score (nSPS) is 11.6. The lowest BCUT2D eigenvalue weighted by atomic mass is 10.1. The summed E-state index contributed by atoms with van der Waals surface area (Å²) in [5.41, 5.74) is 2.85. The van der Waals surface area contributed by atoms with Gasteiger partial charge in [-0.3, -0.25) is 4.57 Å². The van der Waals surface area contributed by atoms with Crippen molar-refractivity contribution in [1.29, 1.82) is 0 Å². The van der Waals surface area contributed by atoms with E-state index in [1.165, 1.54) is 0 Å². The van der Waals surface area contributed by atoms with Gasteiger partial charge in [0.25, 0.3) is 0 Å². The molecule has 0 aliphatic rings. The predicted octanol–water partition coefficient (Wildman–Crippen LogP) is 4.54. The van der Waals surface area contributed by atoms with Crippen LogP contribution in [0.3, 0.4) is 0 Å². The average molecular weight is 333 g/mol. The second-order valence-corrected chi connectivity index (χ2v) is 7.11. The second kappa shape index (κ2) is 7.78. The maximum absolute atomic E-state index is 13.3. The molecule has 23 heavy (non-hydrogen) atoms. The van der Waals surface area contributed by atoms with E-state index >= 15 is 0 Å². The van der Waals surface area contributed by atoms with Crippen molar-refractivity contribution >= 4 is 12.9 Å². The third-order valence-corrected chi connectivity index (χ3v) is 5.66. The smallest absolute Gasteiger partial charge is 0.340 e. The van der Waals surface area contributed by atoms with Crippen LogP contribution in [0.1, 0.15) is 19.5 Å². The van der Waals surface area contributed by atoms with Gasteiger partial charge in [-0.15, -0.1) is 6.58 Å². The maximum Gasteiger partial charge on any atom is 0.363 e. The van der Waals surface area contributed by atoms with Crippen LogP contribution in [0.15, 0.2) is 49.1 Å². The highest BCUT2D eigenvalue weighted by Crippen LogP contribution is 2.50. The fourth-order valence-electron chi connectivity index (χ4n) is 2.65. The topological polar surface area (TPSA) is 40.5 Å². The van der Waals surface area contributed by atoms with Gasteiger partial charge in [-0.2, -0.15) is 0 Å². The third kappa shape index (κ3) is 3.66. The fraction of sp³-hybridized carbons (Fsp3) is 0.333. The Labute approximate surface area is 138 Å². The lowest BCUT2D eigenvalue weighted by molar-refractivity contribution is 0.230. The van der Waals surface area contributed by atoms with E-state index in [0.29, 0.717) is 25.1 Å². The lowest BCUT2D eigenvalue weighted by Crippen LogP contribution is -2.13. The van der Waals surface area contributed by atoms with Crippen LogP contribution >= 0.6 is 7.60 Å². The highest BCUT2D eigenvalue weighted by molar-refractivity contribution is 7.62. The minimum Gasteiger partial charge on any atom is -0.340 e. The minimum atomic E-state index is -3.36. The Bertz CT molecular complexity index is 697. The Hall–Kier alpha value is -1.61. The first-order chi connectivity index (χ1) is 11.1.